The molecule has 0 radical (unpaired) electrons. The first-order chi connectivity index (χ1) is 17.9. The van der Waals surface area contributed by atoms with E-state index in [1.165, 1.54) is 4.90 Å². The molecule has 11 heteroatoms. The number of nitrogens with zero attached hydrogens (tertiary/aromatic N) is 1. The van der Waals surface area contributed by atoms with Crippen molar-refractivity contribution in [3.8, 4) is 11.5 Å². The number of nitrogens with one attached hydrogen (secondary N) is 1. The van der Waals surface area contributed by atoms with Gasteiger partial charge >= 0.3 is 12.1 Å². The fourth-order valence-electron chi connectivity index (χ4n) is 4.25. The van der Waals surface area contributed by atoms with Crippen LogP contribution in [0.4, 0.5) is 10.5 Å². The molecule has 1 aliphatic heterocycles. The number of hydrogen-bond donors (Lipinski definition) is 2. The Bertz CT molecular complexity index is 1210. The predicted octanol–water partition coefficient (Wildman–Crippen LogP) is 4.33. The summed E-state index contributed by atoms with van der Waals surface area (Å²) in [5.41, 5.74) is 0.291. The van der Waals surface area contributed by atoms with E-state index < -0.39 is 39.5 Å². The van der Waals surface area contributed by atoms with E-state index in [9.17, 15) is 23.1 Å². The lowest BCUT2D eigenvalue weighted by Gasteiger charge is -2.37. The van der Waals surface area contributed by atoms with E-state index in [1.54, 1.807) is 76.4 Å². The van der Waals surface area contributed by atoms with Crippen molar-refractivity contribution in [3.05, 3.63) is 54.1 Å². The molecule has 1 aliphatic rings. The van der Waals surface area contributed by atoms with E-state index in [0.717, 1.165) is 0 Å². The van der Waals surface area contributed by atoms with Crippen LogP contribution in [0.1, 0.15) is 45.1 Å². The normalized spacial score (nSPS) is 17.9. The van der Waals surface area contributed by atoms with Gasteiger partial charge in [0.05, 0.1) is 25.4 Å². The SMILES string of the molecule is COc1ccc(OCCCS(=O)(=O)Nc2cccc([C@@H]3CN(C(=O)OC(C)(C)C)CC[C@H]3C(=O)O)c2)cc1. The zero-order valence-corrected chi connectivity index (χ0v) is 23.0. The third-order valence-electron chi connectivity index (χ3n) is 6.06. The van der Waals surface area contributed by atoms with Gasteiger partial charge in [-0.3, -0.25) is 9.52 Å². The van der Waals surface area contributed by atoms with Crippen LogP contribution in [0.2, 0.25) is 0 Å². The molecule has 1 saturated heterocycles. The van der Waals surface area contributed by atoms with Crippen LogP contribution < -0.4 is 14.2 Å². The molecule has 0 saturated carbocycles. The van der Waals surface area contributed by atoms with Crippen molar-refractivity contribution >= 4 is 27.8 Å². The van der Waals surface area contributed by atoms with Crippen LogP contribution in [0, 0.1) is 5.92 Å². The van der Waals surface area contributed by atoms with E-state index >= 15 is 0 Å². The van der Waals surface area contributed by atoms with E-state index in [2.05, 4.69) is 4.72 Å². The Kier molecular flexibility index (Phi) is 9.48. The molecular formula is C27H36N2O8S. The minimum Gasteiger partial charge on any atom is -0.497 e. The number of aliphatic carboxylic acids is 1. The summed E-state index contributed by atoms with van der Waals surface area (Å²) in [4.78, 5) is 26.1. The number of amides is 1. The van der Waals surface area contributed by atoms with Gasteiger partial charge in [-0.2, -0.15) is 0 Å². The Morgan fingerprint density at radius 3 is 2.42 bits per heavy atom. The first-order valence-corrected chi connectivity index (χ1v) is 14.1. The largest absolute Gasteiger partial charge is 0.497 e. The molecule has 2 aromatic carbocycles. The molecule has 1 fully saturated rings. The van der Waals surface area contributed by atoms with Crippen LogP contribution in [0.3, 0.4) is 0 Å². The number of ether oxygens (including phenoxy) is 3. The predicted molar refractivity (Wildman–Crippen MR) is 143 cm³/mol. The number of carbonyl (C=O) groups is 2. The van der Waals surface area contributed by atoms with Crippen LogP contribution in [0.15, 0.2) is 48.5 Å². The lowest BCUT2D eigenvalue weighted by Crippen LogP contribution is -2.46. The van der Waals surface area contributed by atoms with Gasteiger partial charge in [0.25, 0.3) is 0 Å². The second-order valence-corrected chi connectivity index (χ2v) is 12.0. The van der Waals surface area contributed by atoms with Gasteiger partial charge in [0.2, 0.25) is 10.0 Å². The summed E-state index contributed by atoms with van der Waals surface area (Å²) in [5.74, 6) is -1.02. The Hall–Kier alpha value is -3.47. The number of sulfonamides is 1. The van der Waals surface area contributed by atoms with E-state index in [1.807, 2.05) is 0 Å². The molecule has 1 heterocycles. The van der Waals surface area contributed by atoms with Crippen molar-refractivity contribution in [3.63, 3.8) is 0 Å². The Morgan fingerprint density at radius 2 is 1.79 bits per heavy atom. The maximum Gasteiger partial charge on any atom is 0.410 e. The van der Waals surface area contributed by atoms with Crippen molar-refractivity contribution in [1.82, 2.24) is 4.90 Å². The van der Waals surface area contributed by atoms with E-state index in [4.69, 9.17) is 14.2 Å². The monoisotopic (exact) mass is 548 g/mol. The molecule has 0 spiro atoms. The smallest absolute Gasteiger partial charge is 0.410 e. The first-order valence-electron chi connectivity index (χ1n) is 12.4. The van der Waals surface area contributed by atoms with Crippen LogP contribution >= 0.6 is 0 Å². The number of benzene rings is 2. The number of rotatable bonds is 10. The minimum atomic E-state index is -3.67. The van der Waals surface area contributed by atoms with Crippen molar-refractivity contribution < 1.29 is 37.3 Å². The number of hydrogen-bond acceptors (Lipinski definition) is 7. The van der Waals surface area contributed by atoms with Crippen LogP contribution in [-0.2, 0) is 19.6 Å². The summed E-state index contributed by atoms with van der Waals surface area (Å²) < 4.78 is 44.1. The van der Waals surface area contributed by atoms with Gasteiger partial charge in [-0.25, -0.2) is 13.2 Å². The molecule has 3 rings (SSSR count). The van der Waals surface area contributed by atoms with Gasteiger partial charge in [0.1, 0.15) is 17.1 Å². The third kappa shape index (κ3) is 8.54. The molecule has 208 valence electrons. The molecule has 0 aliphatic carbocycles. The zero-order chi connectivity index (χ0) is 27.9. The summed E-state index contributed by atoms with van der Waals surface area (Å²) in [6.45, 7) is 5.96. The molecule has 10 nitrogen and oxygen atoms in total. The number of carboxylic acid groups (broad SMARTS) is 1. The second-order valence-electron chi connectivity index (χ2n) is 10.2. The fourth-order valence-corrected chi connectivity index (χ4v) is 5.34. The number of carboxylic acids is 1. The van der Waals surface area contributed by atoms with Crippen LogP contribution in [0.25, 0.3) is 0 Å². The molecule has 2 N–H and O–H groups in total. The maximum atomic E-state index is 12.7. The molecule has 1 amide bonds. The molecule has 0 bridgehead atoms. The summed E-state index contributed by atoms with van der Waals surface area (Å²) in [6, 6.07) is 13.7. The average molecular weight is 549 g/mol. The molecule has 0 aromatic heterocycles. The minimum absolute atomic E-state index is 0.152. The molecule has 38 heavy (non-hydrogen) atoms. The maximum absolute atomic E-state index is 12.7. The third-order valence-corrected chi connectivity index (χ3v) is 7.43. The van der Waals surface area contributed by atoms with Gasteiger partial charge in [-0.05, 0) is 75.6 Å². The quantitative estimate of drug-likeness (QED) is 0.420. The highest BCUT2D eigenvalue weighted by Crippen LogP contribution is 2.34. The lowest BCUT2D eigenvalue weighted by atomic mass is 9.80. The van der Waals surface area contributed by atoms with Crippen molar-refractivity contribution in [2.24, 2.45) is 5.92 Å². The van der Waals surface area contributed by atoms with Crippen molar-refractivity contribution in [2.45, 2.75) is 45.1 Å². The number of anilines is 1. The summed E-state index contributed by atoms with van der Waals surface area (Å²) in [6.07, 6.45) is 0.0407. The lowest BCUT2D eigenvalue weighted by molar-refractivity contribution is -0.144. The summed E-state index contributed by atoms with van der Waals surface area (Å²) >= 11 is 0. The first kappa shape index (κ1) is 29.1. The van der Waals surface area contributed by atoms with Crippen molar-refractivity contribution in [2.75, 3.05) is 37.3 Å². The standard InChI is InChI=1S/C27H36N2O8S/c1-27(2,3)37-26(32)29-14-13-23(25(30)31)24(18-29)19-7-5-8-20(17-19)28-38(33,34)16-6-15-36-22-11-9-21(35-4)10-12-22/h5,7-12,17,23-24,28H,6,13-16,18H2,1-4H3,(H,30,31)/t23-,24+/m1/s1. The average Bonchev–Trinajstić information content (AvgIpc) is 2.85. The van der Waals surface area contributed by atoms with Crippen LogP contribution in [0.5, 0.6) is 11.5 Å². The van der Waals surface area contributed by atoms with Gasteiger partial charge in [-0.15, -0.1) is 0 Å². The number of methoxy groups -OCH3 is 1. The van der Waals surface area contributed by atoms with E-state index in [-0.39, 0.29) is 38.3 Å². The molecule has 2 aromatic rings. The number of piperidine rings is 1. The van der Waals surface area contributed by atoms with Gasteiger partial charge in [0, 0.05) is 24.7 Å². The fraction of sp³-hybridized carbons (Fsp3) is 0.481. The molecule has 0 unspecified atom stereocenters. The summed E-state index contributed by atoms with van der Waals surface area (Å²) in [7, 11) is -2.10. The zero-order valence-electron chi connectivity index (χ0n) is 22.2. The number of carbonyl (C=O) groups excluding carboxylic acids is 1. The van der Waals surface area contributed by atoms with E-state index in [0.29, 0.717) is 22.7 Å². The Labute approximate surface area is 223 Å². The second kappa shape index (κ2) is 12.4. The highest BCUT2D eigenvalue weighted by Gasteiger charge is 2.38. The highest BCUT2D eigenvalue weighted by atomic mass is 32.2. The topological polar surface area (TPSA) is 131 Å². The highest BCUT2D eigenvalue weighted by molar-refractivity contribution is 7.92. The Balaban J connectivity index is 1.63. The molecule has 2 atom stereocenters. The van der Waals surface area contributed by atoms with Crippen molar-refractivity contribution in [1.29, 1.82) is 0 Å². The summed E-state index contributed by atoms with van der Waals surface area (Å²) in [5, 5.41) is 9.80. The Morgan fingerprint density at radius 1 is 1.11 bits per heavy atom. The molecular weight excluding hydrogens is 512 g/mol. The van der Waals surface area contributed by atoms with Gasteiger partial charge in [-0.1, -0.05) is 12.1 Å². The van der Waals surface area contributed by atoms with Crippen LogP contribution in [-0.4, -0.2) is 68.6 Å². The van der Waals surface area contributed by atoms with Gasteiger partial charge in [0.15, 0.2) is 0 Å². The number of likely N-dealkylation sites (tertiary alicyclic amines) is 1. The van der Waals surface area contributed by atoms with Gasteiger partial charge < -0.3 is 24.2 Å².